The minimum absolute atomic E-state index is 0. The first kappa shape index (κ1) is 8.83. The van der Waals surface area contributed by atoms with Crippen molar-refractivity contribution in [2.24, 2.45) is 0 Å². The Morgan fingerprint density at radius 3 is 1.80 bits per heavy atom. The molecule has 0 fully saturated rings. The average molecular weight is 78.0 g/mol. The van der Waals surface area contributed by atoms with Crippen LogP contribution in [-0.2, 0) is 4.79 Å². The summed E-state index contributed by atoms with van der Waals surface area (Å²) in [7, 11) is 0. The van der Waals surface area contributed by atoms with Crippen molar-refractivity contribution in [3.8, 4) is 0 Å². The Morgan fingerprint density at radius 1 is 1.80 bits per heavy atom. The zero-order valence-corrected chi connectivity index (χ0v) is 2.69. The van der Waals surface area contributed by atoms with E-state index in [-0.39, 0.29) is 4.70 Å². The number of carbonyl (C=O) groups is 1. The van der Waals surface area contributed by atoms with E-state index in [1.54, 1.807) is 0 Å². The SMILES string of the molecule is CC(=O)[O-].[F-]. The van der Waals surface area contributed by atoms with Gasteiger partial charge in [0.25, 0.3) is 0 Å². The molecule has 0 amide bonds. The molecule has 0 aliphatic carbocycles. The average Bonchev–Trinajstić information content (AvgIpc) is 0.811. The topological polar surface area (TPSA) is 40.1 Å². The predicted molar refractivity (Wildman–Crippen MR) is 10.7 cm³/mol. The van der Waals surface area contributed by atoms with Crippen LogP contribution in [0.15, 0.2) is 0 Å². The molecule has 0 spiro atoms. The van der Waals surface area contributed by atoms with Gasteiger partial charge >= 0.3 is 0 Å². The molecule has 0 rings (SSSR count). The smallest absolute Gasteiger partial charge is 0.0383 e. The van der Waals surface area contributed by atoms with Gasteiger partial charge in [-0.25, -0.2) is 0 Å². The van der Waals surface area contributed by atoms with E-state index in [1.807, 2.05) is 0 Å². The Morgan fingerprint density at radius 2 is 1.80 bits per heavy atom. The van der Waals surface area contributed by atoms with Crippen LogP contribution < -0.4 is 9.81 Å². The normalized spacial score (nSPS) is 5.00. The van der Waals surface area contributed by atoms with Gasteiger partial charge in [-0.2, -0.15) is 0 Å². The molecule has 0 radical (unpaired) electrons. The van der Waals surface area contributed by atoms with Crippen LogP contribution in [0.3, 0.4) is 0 Å². The van der Waals surface area contributed by atoms with Gasteiger partial charge in [0.05, 0.1) is 0 Å². The first-order valence-corrected chi connectivity index (χ1v) is 0.908. The third kappa shape index (κ3) is 18.5. The van der Waals surface area contributed by atoms with Crippen molar-refractivity contribution in [3.63, 3.8) is 0 Å². The van der Waals surface area contributed by atoms with E-state index in [0.29, 0.717) is 0 Å². The highest BCUT2D eigenvalue weighted by Gasteiger charge is 1.46. The molecule has 0 N–H and O–H groups in total. The number of carboxylic acid groups (broad SMARTS) is 1. The highest BCUT2D eigenvalue weighted by atomic mass is 19.0. The van der Waals surface area contributed by atoms with Crippen molar-refractivity contribution in [2.45, 2.75) is 6.92 Å². The number of halogens is 1. The predicted octanol–water partition coefficient (Wildman–Crippen LogP) is -4.24. The van der Waals surface area contributed by atoms with E-state index in [0.717, 1.165) is 6.92 Å². The second-order valence-electron chi connectivity index (χ2n) is 0.492. The van der Waals surface area contributed by atoms with Gasteiger partial charge in [-0.05, 0) is 6.92 Å². The summed E-state index contributed by atoms with van der Waals surface area (Å²) >= 11 is 0. The third-order valence-electron chi connectivity index (χ3n) is 0. The molecule has 0 saturated carbocycles. The summed E-state index contributed by atoms with van der Waals surface area (Å²) < 4.78 is 0. The van der Waals surface area contributed by atoms with Crippen molar-refractivity contribution in [1.82, 2.24) is 0 Å². The number of aliphatic carboxylic acids is 1. The molecule has 0 aliphatic rings. The van der Waals surface area contributed by atoms with Gasteiger partial charge < -0.3 is 14.6 Å². The molecule has 2 nitrogen and oxygen atoms in total. The maximum Gasteiger partial charge on any atom is 0.0383 e. The van der Waals surface area contributed by atoms with Crippen LogP contribution in [0.4, 0.5) is 0 Å². The quantitative estimate of drug-likeness (QED) is 0.294. The minimum Gasteiger partial charge on any atom is -1.00 e. The van der Waals surface area contributed by atoms with E-state index in [2.05, 4.69) is 0 Å². The Hall–Kier alpha value is -0.600. The Kier molecular flexibility index (Phi) is 6.00. The van der Waals surface area contributed by atoms with E-state index in [4.69, 9.17) is 9.90 Å². The monoisotopic (exact) mass is 78.0 g/mol. The number of rotatable bonds is 0. The number of carbonyl (C=O) groups excluding carboxylic acids is 1. The maximum absolute atomic E-state index is 8.89. The van der Waals surface area contributed by atoms with Crippen molar-refractivity contribution >= 4 is 5.97 Å². The summed E-state index contributed by atoms with van der Waals surface area (Å²) in [5, 5.41) is 8.89. The summed E-state index contributed by atoms with van der Waals surface area (Å²) in [4.78, 5) is 8.89. The van der Waals surface area contributed by atoms with Crippen LogP contribution in [0.25, 0.3) is 0 Å². The number of hydrogen-bond donors (Lipinski definition) is 0. The van der Waals surface area contributed by atoms with Gasteiger partial charge in [-0.1, -0.05) is 0 Å². The van der Waals surface area contributed by atoms with Crippen LogP contribution in [0.1, 0.15) is 6.92 Å². The molecule has 3 heteroatoms. The molecule has 5 heavy (non-hydrogen) atoms. The maximum atomic E-state index is 8.89. The Bertz CT molecular complexity index is 30.6. The first-order valence-electron chi connectivity index (χ1n) is 0.908. The van der Waals surface area contributed by atoms with Crippen molar-refractivity contribution in [2.75, 3.05) is 0 Å². The van der Waals surface area contributed by atoms with Crippen LogP contribution in [0.5, 0.6) is 0 Å². The zero-order valence-electron chi connectivity index (χ0n) is 2.69. The molecule has 0 atom stereocenters. The zero-order chi connectivity index (χ0) is 3.58. The van der Waals surface area contributed by atoms with E-state index in [9.17, 15) is 0 Å². The third-order valence-corrected chi connectivity index (χ3v) is 0. The molecular weight excluding hydrogens is 75.0 g/mol. The second kappa shape index (κ2) is 3.40. The minimum atomic E-state index is -1.08. The summed E-state index contributed by atoms with van der Waals surface area (Å²) in [5.74, 6) is -1.08. The lowest BCUT2D eigenvalue weighted by Crippen LogP contribution is -3.00. The highest BCUT2D eigenvalue weighted by molar-refractivity contribution is 5.60. The first-order chi connectivity index (χ1) is 1.73. The van der Waals surface area contributed by atoms with Gasteiger partial charge in [0.15, 0.2) is 0 Å². The molecule has 32 valence electrons. The highest BCUT2D eigenvalue weighted by Crippen LogP contribution is 1.31. The van der Waals surface area contributed by atoms with Crippen LogP contribution in [0.2, 0.25) is 0 Å². The van der Waals surface area contributed by atoms with Crippen molar-refractivity contribution in [3.05, 3.63) is 0 Å². The van der Waals surface area contributed by atoms with Crippen molar-refractivity contribution < 1.29 is 14.6 Å². The van der Waals surface area contributed by atoms with Gasteiger partial charge in [0.1, 0.15) is 0 Å². The van der Waals surface area contributed by atoms with Gasteiger partial charge in [0, 0.05) is 5.97 Å². The molecule has 0 heterocycles. The Labute approximate surface area is 28.8 Å². The van der Waals surface area contributed by atoms with E-state index < -0.39 is 5.97 Å². The summed E-state index contributed by atoms with van der Waals surface area (Å²) in [5.41, 5.74) is 0. The lowest BCUT2D eigenvalue weighted by Gasteiger charge is -1.77. The summed E-state index contributed by atoms with van der Waals surface area (Å²) in [6, 6.07) is 0. The van der Waals surface area contributed by atoms with Gasteiger partial charge in [0.2, 0.25) is 0 Å². The fraction of sp³-hybridized carbons (Fsp3) is 0.500. The van der Waals surface area contributed by atoms with Crippen LogP contribution in [0, 0.1) is 0 Å². The van der Waals surface area contributed by atoms with Gasteiger partial charge in [-0.3, -0.25) is 0 Å². The largest absolute Gasteiger partial charge is 1.00 e. The lowest BCUT2D eigenvalue weighted by atomic mass is 10.9. The fourth-order valence-electron chi connectivity index (χ4n) is 0. The van der Waals surface area contributed by atoms with E-state index in [1.165, 1.54) is 0 Å². The molecule has 0 aliphatic heterocycles. The lowest BCUT2D eigenvalue weighted by molar-refractivity contribution is -0.302. The summed E-state index contributed by atoms with van der Waals surface area (Å²) in [6.45, 7) is 0.972. The van der Waals surface area contributed by atoms with Gasteiger partial charge in [-0.15, -0.1) is 0 Å². The molecule has 0 aromatic carbocycles. The van der Waals surface area contributed by atoms with E-state index >= 15 is 0 Å². The van der Waals surface area contributed by atoms with Crippen molar-refractivity contribution in [1.29, 1.82) is 0 Å². The fourth-order valence-corrected chi connectivity index (χ4v) is 0. The molecule has 0 bridgehead atoms. The Balaban J connectivity index is 0. The molecule has 0 unspecified atom stereocenters. The standard InChI is InChI=1S/C2H4O2.FH/c1-2(3)4;/h1H3,(H,3,4);1H/p-2. The number of carboxylic acids is 1. The molecule has 0 aromatic heterocycles. The number of hydrogen-bond acceptors (Lipinski definition) is 2. The molecular formula is C2H3FO2-2. The second-order valence-corrected chi connectivity index (χ2v) is 0.492. The molecule has 0 aromatic rings. The van der Waals surface area contributed by atoms with Crippen LogP contribution in [-0.4, -0.2) is 5.97 Å². The summed E-state index contributed by atoms with van der Waals surface area (Å²) in [6.07, 6.45) is 0. The van der Waals surface area contributed by atoms with Crippen LogP contribution >= 0.6 is 0 Å². The molecule has 0 saturated heterocycles.